The Morgan fingerprint density at radius 3 is 2.14 bits per heavy atom. The maximum atomic E-state index is 12.9. The number of hydrogen-bond acceptors (Lipinski definition) is 5. The molecule has 0 bridgehead atoms. The summed E-state index contributed by atoms with van der Waals surface area (Å²) in [6.45, 7) is 3.33. The zero-order valence-corrected chi connectivity index (χ0v) is 21.1. The standard InChI is InChI=1S/C28H32N4O4/c1-20-10-8-15-25(21(20)2)31(4)28(35)19-36-24-14-9-13-23(16-24)32(26(33)17-29)18-27(34)30(3)22-11-6-5-7-12-22/h5-16H,17-19,29H2,1-4H3. The van der Waals surface area contributed by atoms with Crippen LogP contribution in [0.4, 0.5) is 17.1 Å². The van der Waals surface area contributed by atoms with Crippen molar-refractivity contribution in [1.29, 1.82) is 0 Å². The number of nitrogens with two attached hydrogens (primary N) is 1. The number of anilines is 3. The third kappa shape index (κ3) is 6.28. The van der Waals surface area contributed by atoms with E-state index in [2.05, 4.69) is 0 Å². The Hall–Kier alpha value is -4.17. The number of amides is 3. The Morgan fingerprint density at radius 1 is 0.778 bits per heavy atom. The first-order chi connectivity index (χ1) is 17.2. The summed E-state index contributed by atoms with van der Waals surface area (Å²) in [5.74, 6) is -0.509. The van der Waals surface area contributed by atoms with Gasteiger partial charge in [0.25, 0.3) is 5.91 Å². The van der Waals surface area contributed by atoms with E-state index >= 15 is 0 Å². The van der Waals surface area contributed by atoms with Crippen LogP contribution in [0.15, 0.2) is 72.8 Å². The number of nitrogens with zero attached hydrogens (tertiary/aromatic N) is 3. The molecule has 36 heavy (non-hydrogen) atoms. The van der Waals surface area contributed by atoms with E-state index in [4.69, 9.17) is 10.5 Å². The molecule has 0 unspecified atom stereocenters. The van der Waals surface area contributed by atoms with Gasteiger partial charge >= 0.3 is 0 Å². The summed E-state index contributed by atoms with van der Waals surface area (Å²) in [7, 11) is 3.36. The Labute approximate surface area is 211 Å². The molecule has 0 fully saturated rings. The van der Waals surface area contributed by atoms with Crippen LogP contribution >= 0.6 is 0 Å². The lowest BCUT2D eigenvalue weighted by Gasteiger charge is -2.25. The fraction of sp³-hybridized carbons (Fsp3) is 0.250. The van der Waals surface area contributed by atoms with Gasteiger partial charge in [-0.05, 0) is 55.3 Å². The van der Waals surface area contributed by atoms with Gasteiger partial charge in [0, 0.05) is 37.2 Å². The van der Waals surface area contributed by atoms with Gasteiger partial charge in [-0.1, -0.05) is 36.4 Å². The smallest absolute Gasteiger partial charge is 0.264 e. The van der Waals surface area contributed by atoms with E-state index in [9.17, 15) is 14.4 Å². The minimum absolute atomic E-state index is 0.187. The molecule has 2 N–H and O–H groups in total. The molecule has 0 aliphatic rings. The minimum atomic E-state index is -0.410. The molecule has 0 aliphatic heterocycles. The third-order valence-electron chi connectivity index (χ3n) is 6.09. The zero-order valence-electron chi connectivity index (χ0n) is 21.1. The molecule has 0 aromatic heterocycles. The Morgan fingerprint density at radius 2 is 1.44 bits per heavy atom. The van der Waals surface area contributed by atoms with Crippen LogP contribution in [-0.4, -0.2) is 51.5 Å². The summed E-state index contributed by atoms with van der Waals surface area (Å²) >= 11 is 0. The van der Waals surface area contributed by atoms with Gasteiger partial charge < -0.3 is 25.2 Å². The summed E-state index contributed by atoms with van der Waals surface area (Å²) in [5.41, 5.74) is 9.73. The largest absolute Gasteiger partial charge is 0.484 e. The van der Waals surface area contributed by atoms with E-state index in [1.807, 2.05) is 62.4 Å². The Kier molecular flexibility index (Phi) is 8.81. The molecular weight excluding hydrogens is 456 g/mol. The molecule has 0 atom stereocenters. The number of benzene rings is 3. The van der Waals surface area contributed by atoms with Crippen LogP contribution in [0, 0.1) is 13.8 Å². The van der Waals surface area contributed by atoms with Crippen LogP contribution in [0.2, 0.25) is 0 Å². The lowest BCUT2D eigenvalue weighted by Crippen LogP contribution is -2.44. The van der Waals surface area contributed by atoms with Crippen molar-refractivity contribution < 1.29 is 19.1 Å². The van der Waals surface area contributed by atoms with Crippen LogP contribution in [0.5, 0.6) is 5.75 Å². The van der Waals surface area contributed by atoms with Crippen LogP contribution in [0.3, 0.4) is 0 Å². The first kappa shape index (κ1) is 26.4. The van der Waals surface area contributed by atoms with Crippen LogP contribution < -0.4 is 25.2 Å². The quantitative estimate of drug-likeness (QED) is 0.499. The maximum absolute atomic E-state index is 12.9. The van der Waals surface area contributed by atoms with Gasteiger partial charge in [0.15, 0.2) is 6.61 Å². The molecule has 3 amide bonds. The summed E-state index contributed by atoms with van der Waals surface area (Å²) in [5, 5.41) is 0. The number of carbonyl (C=O) groups excluding carboxylic acids is 3. The second-order valence-electron chi connectivity index (χ2n) is 8.43. The second kappa shape index (κ2) is 12.0. The predicted octanol–water partition coefficient (Wildman–Crippen LogP) is 3.30. The number of hydrogen-bond donors (Lipinski definition) is 1. The summed E-state index contributed by atoms with van der Waals surface area (Å²) in [4.78, 5) is 42.7. The van der Waals surface area contributed by atoms with Crippen LogP contribution in [-0.2, 0) is 14.4 Å². The molecule has 0 heterocycles. The molecule has 0 saturated heterocycles. The molecule has 0 radical (unpaired) electrons. The summed E-state index contributed by atoms with van der Waals surface area (Å²) in [6.07, 6.45) is 0. The van der Waals surface area contributed by atoms with Gasteiger partial charge in [0.1, 0.15) is 12.3 Å². The van der Waals surface area contributed by atoms with Crippen LogP contribution in [0.1, 0.15) is 11.1 Å². The molecule has 0 saturated carbocycles. The fourth-order valence-electron chi connectivity index (χ4n) is 3.69. The number of aryl methyl sites for hydroxylation is 1. The highest BCUT2D eigenvalue weighted by atomic mass is 16.5. The average Bonchev–Trinajstić information content (AvgIpc) is 2.91. The summed E-state index contributed by atoms with van der Waals surface area (Å²) < 4.78 is 5.75. The Balaban J connectivity index is 1.72. The monoisotopic (exact) mass is 488 g/mol. The van der Waals surface area contributed by atoms with Crippen molar-refractivity contribution in [3.05, 3.63) is 83.9 Å². The van der Waals surface area contributed by atoms with Crippen molar-refractivity contribution in [2.75, 3.05) is 48.5 Å². The van der Waals surface area contributed by atoms with Crippen molar-refractivity contribution in [2.24, 2.45) is 5.73 Å². The summed E-state index contributed by atoms with van der Waals surface area (Å²) in [6, 6.07) is 21.7. The zero-order chi connectivity index (χ0) is 26.2. The van der Waals surface area contributed by atoms with Crippen molar-refractivity contribution in [3.63, 3.8) is 0 Å². The molecule has 8 nitrogen and oxygen atoms in total. The topological polar surface area (TPSA) is 96.2 Å². The molecule has 8 heteroatoms. The first-order valence-electron chi connectivity index (χ1n) is 11.6. The van der Waals surface area contributed by atoms with E-state index in [0.29, 0.717) is 17.1 Å². The average molecular weight is 489 g/mol. The maximum Gasteiger partial charge on any atom is 0.264 e. The number of rotatable bonds is 9. The van der Waals surface area contributed by atoms with Gasteiger partial charge in [-0.15, -0.1) is 0 Å². The van der Waals surface area contributed by atoms with E-state index < -0.39 is 5.91 Å². The highest BCUT2D eigenvalue weighted by molar-refractivity contribution is 6.04. The van der Waals surface area contributed by atoms with E-state index in [1.165, 1.54) is 9.80 Å². The second-order valence-corrected chi connectivity index (χ2v) is 8.43. The third-order valence-corrected chi connectivity index (χ3v) is 6.09. The highest BCUT2D eigenvalue weighted by Gasteiger charge is 2.22. The first-order valence-corrected chi connectivity index (χ1v) is 11.6. The van der Waals surface area contributed by atoms with Crippen molar-refractivity contribution in [3.8, 4) is 5.75 Å². The molecular formula is C28H32N4O4. The predicted molar refractivity (Wildman–Crippen MR) is 143 cm³/mol. The lowest BCUT2D eigenvalue weighted by atomic mass is 10.1. The number of para-hydroxylation sites is 1. The molecule has 3 aromatic carbocycles. The van der Waals surface area contributed by atoms with E-state index in [0.717, 1.165) is 16.8 Å². The lowest BCUT2D eigenvalue weighted by molar-refractivity contribution is -0.121. The molecule has 0 spiro atoms. The van der Waals surface area contributed by atoms with Crippen LogP contribution in [0.25, 0.3) is 0 Å². The van der Waals surface area contributed by atoms with Gasteiger partial charge in [-0.2, -0.15) is 0 Å². The molecule has 0 aliphatic carbocycles. The SMILES string of the molecule is Cc1cccc(N(C)C(=O)COc2cccc(N(CC(=O)N(C)c3ccccc3)C(=O)CN)c2)c1C. The van der Waals surface area contributed by atoms with E-state index in [-0.39, 0.29) is 31.5 Å². The fourth-order valence-corrected chi connectivity index (χ4v) is 3.69. The van der Waals surface area contributed by atoms with Crippen molar-refractivity contribution in [1.82, 2.24) is 0 Å². The number of ether oxygens (including phenoxy) is 1. The molecule has 3 aromatic rings. The Bertz CT molecular complexity index is 1230. The molecule has 3 rings (SSSR count). The van der Waals surface area contributed by atoms with E-state index in [1.54, 1.807) is 43.3 Å². The van der Waals surface area contributed by atoms with Gasteiger partial charge in [0.2, 0.25) is 11.8 Å². The molecule has 188 valence electrons. The highest BCUT2D eigenvalue weighted by Crippen LogP contribution is 2.24. The normalized spacial score (nSPS) is 10.5. The van der Waals surface area contributed by atoms with Gasteiger partial charge in [-0.25, -0.2) is 0 Å². The van der Waals surface area contributed by atoms with Gasteiger partial charge in [0.05, 0.1) is 6.54 Å². The van der Waals surface area contributed by atoms with Gasteiger partial charge in [-0.3, -0.25) is 14.4 Å². The minimum Gasteiger partial charge on any atom is -0.484 e. The number of likely N-dealkylation sites (N-methyl/N-ethyl adjacent to an activating group) is 2. The number of carbonyl (C=O) groups is 3. The van der Waals surface area contributed by atoms with Crippen molar-refractivity contribution in [2.45, 2.75) is 13.8 Å². The van der Waals surface area contributed by atoms with Crippen molar-refractivity contribution >= 4 is 34.8 Å².